The second kappa shape index (κ2) is 6.81. The van der Waals surface area contributed by atoms with E-state index < -0.39 is 34.0 Å². The minimum Gasteiger partial charge on any atom is -0.260 e. The Bertz CT molecular complexity index is 805. The van der Waals surface area contributed by atoms with Gasteiger partial charge in [-0.05, 0) is 55.2 Å². The van der Waals surface area contributed by atoms with Crippen LogP contribution in [0.3, 0.4) is 0 Å². The number of hydrogen-bond acceptors (Lipinski definition) is 3. The predicted octanol–water partition coefficient (Wildman–Crippen LogP) is 5.33. The van der Waals surface area contributed by atoms with E-state index in [0.717, 1.165) is 25.7 Å². The summed E-state index contributed by atoms with van der Waals surface area (Å²) in [7, 11) is 0. The van der Waals surface area contributed by atoms with Crippen LogP contribution in [0.1, 0.15) is 42.9 Å². The van der Waals surface area contributed by atoms with E-state index >= 15 is 0 Å². The van der Waals surface area contributed by atoms with Crippen molar-refractivity contribution in [3.05, 3.63) is 58.7 Å². The van der Waals surface area contributed by atoms with Crippen molar-refractivity contribution in [2.45, 2.75) is 49.1 Å². The van der Waals surface area contributed by atoms with Gasteiger partial charge in [-0.1, -0.05) is 6.07 Å². The molecule has 2 aromatic rings. The van der Waals surface area contributed by atoms with Crippen molar-refractivity contribution in [1.82, 2.24) is 9.29 Å². The fraction of sp³-hybridized carbons (Fsp3) is 0.389. The van der Waals surface area contributed by atoms with E-state index in [1.165, 1.54) is 5.56 Å². The fourth-order valence-corrected chi connectivity index (χ4v) is 3.86. The van der Waals surface area contributed by atoms with Gasteiger partial charge in [0.25, 0.3) is 0 Å². The van der Waals surface area contributed by atoms with Gasteiger partial charge in [0.1, 0.15) is 4.90 Å². The standard InChI is InChI=1S/C18H15F5N2S/c19-13-14(20)16(22)18(17(23)15(13)21)26-25(12-5-6-12)8-11-4-3-10(7-24-11)9-1-2-9/h3-4,7,9,12H,1-2,5-6,8H2. The summed E-state index contributed by atoms with van der Waals surface area (Å²) in [6.45, 7) is 0.264. The van der Waals surface area contributed by atoms with E-state index in [-0.39, 0.29) is 12.6 Å². The average Bonchev–Trinajstić information content (AvgIpc) is 3.53. The maximum Gasteiger partial charge on any atom is 0.200 e. The molecule has 138 valence electrons. The summed E-state index contributed by atoms with van der Waals surface area (Å²) in [6, 6.07) is 3.86. The molecule has 1 heterocycles. The monoisotopic (exact) mass is 386 g/mol. The first kappa shape index (κ1) is 17.7. The number of benzene rings is 1. The molecular formula is C18H15F5N2S. The van der Waals surface area contributed by atoms with Gasteiger partial charge in [0.2, 0.25) is 5.82 Å². The minimum absolute atomic E-state index is 0.0277. The molecule has 0 bridgehead atoms. The number of pyridine rings is 1. The Labute approximate surface area is 151 Å². The molecule has 0 saturated heterocycles. The molecule has 0 radical (unpaired) electrons. The summed E-state index contributed by atoms with van der Waals surface area (Å²) < 4.78 is 69.6. The van der Waals surface area contributed by atoms with Gasteiger partial charge in [-0.15, -0.1) is 0 Å². The molecule has 8 heteroatoms. The molecule has 2 aliphatic rings. The number of rotatable bonds is 6. The number of halogens is 5. The lowest BCUT2D eigenvalue weighted by Gasteiger charge is -2.21. The van der Waals surface area contributed by atoms with Gasteiger partial charge in [-0.3, -0.25) is 4.98 Å². The number of hydrogen-bond donors (Lipinski definition) is 0. The summed E-state index contributed by atoms with van der Waals surface area (Å²) in [4.78, 5) is 3.50. The van der Waals surface area contributed by atoms with Gasteiger partial charge in [-0.25, -0.2) is 26.3 Å². The van der Waals surface area contributed by atoms with Crippen LogP contribution in [0.2, 0.25) is 0 Å². The maximum atomic E-state index is 14.0. The summed E-state index contributed by atoms with van der Waals surface area (Å²) >= 11 is 0.564. The predicted molar refractivity (Wildman–Crippen MR) is 86.9 cm³/mol. The summed E-state index contributed by atoms with van der Waals surface area (Å²) in [6.07, 6.45) is 5.73. The topological polar surface area (TPSA) is 16.1 Å². The average molecular weight is 386 g/mol. The van der Waals surface area contributed by atoms with Crippen molar-refractivity contribution in [1.29, 1.82) is 0 Å². The Balaban J connectivity index is 1.56. The lowest BCUT2D eigenvalue weighted by Crippen LogP contribution is -2.19. The minimum atomic E-state index is -2.14. The van der Waals surface area contributed by atoms with Gasteiger partial charge < -0.3 is 0 Å². The van der Waals surface area contributed by atoms with E-state index in [2.05, 4.69) is 4.98 Å². The molecule has 2 nitrogen and oxygen atoms in total. The van der Waals surface area contributed by atoms with Crippen LogP contribution >= 0.6 is 11.9 Å². The van der Waals surface area contributed by atoms with Crippen LogP contribution in [0.5, 0.6) is 0 Å². The molecule has 1 aromatic carbocycles. The Morgan fingerprint density at radius 1 is 0.885 bits per heavy atom. The van der Waals surface area contributed by atoms with Crippen molar-refractivity contribution in [3.8, 4) is 0 Å². The first-order valence-corrected chi connectivity index (χ1v) is 9.14. The summed E-state index contributed by atoms with van der Waals surface area (Å²) in [5, 5.41) is 0. The molecule has 0 aliphatic heterocycles. The zero-order valence-corrected chi connectivity index (χ0v) is 14.4. The quantitative estimate of drug-likeness (QED) is 0.289. The molecule has 2 saturated carbocycles. The van der Waals surface area contributed by atoms with Gasteiger partial charge in [-0.2, -0.15) is 0 Å². The zero-order valence-electron chi connectivity index (χ0n) is 13.6. The van der Waals surface area contributed by atoms with Crippen molar-refractivity contribution >= 4 is 11.9 Å². The van der Waals surface area contributed by atoms with Gasteiger partial charge in [0, 0.05) is 12.2 Å². The van der Waals surface area contributed by atoms with E-state index in [9.17, 15) is 22.0 Å². The number of aromatic nitrogens is 1. The Morgan fingerprint density at radius 3 is 2.00 bits per heavy atom. The first-order chi connectivity index (χ1) is 12.5. The van der Waals surface area contributed by atoms with Crippen LogP contribution in [0.4, 0.5) is 22.0 Å². The molecule has 26 heavy (non-hydrogen) atoms. The van der Waals surface area contributed by atoms with Crippen molar-refractivity contribution < 1.29 is 22.0 Å². The molecule has 0 unspecified atom stereocenters. The normalized spacial score (nSPS) is 17.2. The van der Waals surface area contributed by atoms with Crippen LogP contribution in [0.25, 0.3) is 0 Å². The Hall–Kier alpha value is -1.67. The van der Waals surface area contributed by atoms with E-state index in [4.69, 9.17) is 0 Å². The Kier molecular flexibility index (Phi) is 4.64. The molecule has 0 amide bonds. The Morgan fingerprint density at radius 2 is 1.50 bits per heavy atom. The third-order valence-corrected chi connectivity index (χ3v) is 5.75. The lowest BCUT2D eigenvalue weighted by molar-refractivity contribution is 0.358. The van der Waals surface area contributed by atoms with E-state index in [0.29, 0.717) is 23.6 Å². The van der Waals surface area contributed by atoms with Gasteiger partial charge in [0.15, 0.2) is 23.3 Å². The summed E-state index contributed by atoms with van der Waals surface area (Å²) in [5.74, 6) is -9.01. The highest BCUT2D eigenvalue weighted by molar-refractivity contribution is 7.97. The van der Waals surface area contributed by atoms with Crippen molar-refractivity contribution in [2.24, 2.45) is 0 Å². The third kappa shape index (κ3) is 3.44. The molecule has 4 rings (SSSR count). The van der Waals surface area contributed by atoms with Crippen LogP contribution in [-0.2, 0) is 6.54 Å². The van der Waals surface area contributed by atoms with Crippen molar-refractivity contribution in [3.63, 3.8) is 0 Å². The van der Waals surface area contributed by atoms with E-state index in [1.54, 1.807) is 10.5 Å². The molecule has 0 N–H and O–H groups in total. The number of nitrogens with zero attached hydrogens (tertiary/aromatic N) is 2. The summed E-state index contributed by atoms with van der Waals surface area (Å²) in [5.41, 5.74) is 1.86. The largest absolute Gasteiger partial charge is 0.260 e. The molecule has 2 fully saturated rings. The molecule has 0 spiro atoms. The molecule has 1 aromatic heterocycles. The van der Waals surface area contributed by atoms with Gasteiger partial charge >= 0.3 is 0 Å². The van der Waals surface area contributed by atoms with Crippen molar-refractivity contribution in [2.75, 3.05) is 0 Å². The second-order valence-electron chi connectivity index (χ2n) is 6.65. The molecular weight excluding hydrogens is 371 g/mol. The first-order valence-electron chi connectivity index (χ1n) is 8.36. The highest BCUT2D eigenvalue weighted by Crippen LogP contribution is 2.41. The van der Waals surface area contributed by atoms with Crippen LogP contribution in [0, 0.1) is 29.1 Å². The molecule has 2 aliphatic carbocycles. The third-order valence-electron chi connectivity index (χ3n) is 4.55. The highest BCUT2D eigenvalue weighted by atomic mass is 32.2. The van der Waals surface area contributed by atoms with Gasteiger partial charge in [0.05, 0.1) is 12.2 Å². The maximum absolute atomic E-state index is 14.0. The van der Waals surface area contributed by atoms with Crippen LogP contribution < -0.4 is 0 Å². The smallest absolute Gasteiger partial charge is 0.200 e. The second-order valence-corrected chi connectivity index (χ2v) is 7.71. The highest BCUT2D eigenvalue weighted by Gasteiger charge is 2.34. The van der Waals surface area contributed by atoms with Crippen LogP contribution in [0.15, 0.2) is 23.2 Å². The lowest BCUT2D eigenvalue weighted by atomic mass is 10.2. The fourth-order valence-electron chi connectivity index (χ4n) is 2.73. The SMILES string of the molecule is Fc1c(F)c(F)c(SN(Cc2ccc(C3CC3)cn2)C2CC2)c(F)c1F. The van der Waals surface area contributed by atoms with Crippen LogP contribution in [-0.4, -0.2) is 15.3 Å². The van der Waals surface area contributed by atoms with E-state index in [1.807, 2.05) is 12.1 Å². The molecule has 0 atom stereocenters. The zero-order chi connectivity index (χ0) is 18.4.